The molecule has 0 unspecified atom stereocenters. The van der Waals surface area contributed by atoms with Crippen molar-refractivity contribution < 1.29 is 14.3 Å². The van der Waals surface area contributed by atoms with E-state index in [0.29, 0.717) is 19.0 Å². The molecule has 0 aliphatic carbocycles. The minimum atomic E-state index is -0.0621. The zero-order valence-electron chi connectivity index (χ0n) is 11.7. The van der Waals surface area contributed by atoms with Gasteiger partial charge in [-0.3, -0.25) is 4.79 Å². The van der Waals surface area contributed by atoms with Crippen LogP contribution in [0.1, 0.15) is 24.6 Å². The molecule has 1 aromatic heterocycles. The van der Waals surface area contributed by atoms with E-state index in [0.717, 1.165) is 17.7 Å². The number of carbonyl (C=O) groups is 1. The van der Waals surface area contributed by atoms with E-state index in [2.05, 4.69) is 11.3 Å². The number of methoxy groups -OCH3 is 1. The standard InChI is InChI=1S/C13H19ClN2O3S/c1-3-11-10(4-5-19-11)16(13(17)7-14)8-9-6-12(18-2)15-20-9/h6,10-11H,3-5,7-8H2,1-2H3/t10-,11+/m1/s1. The van der Waals surface area contributed by atoms with E-state index >= 15 is 0 Å². The van der Waals surface area contributed by atoms with Crippen molar-refractivity contribution in [3.05, 3.63) is 10.9 Å². The Labute approximate surface area is 128 Å². The molecule has 2 rings (SSSR count). The average Bonchev–Trinajstić information content (AvgIpc) is 3.12. The Balaban J connectivity index is 2.13. The number of hydrogen-bond acceptors (Lipinski definition) is 5. The fourth-order valence-electron chi connectivity index (χ4n) is 2.48. The van der Waals surface area contributed by atoms with Gasteiger partial charge in [0.1, 0.15) is 5.88 Å². The molecule has 112 valence electrons. The van der Waals surface area contributed by atoms with E-state index in [1.165, 1.54) is 11.5 Å². The van der Waals surface area contributed by atoms with Crippen LogP contribution in [-0.4, -0.2) is 46.9 Å². The lowest BCUT2D eigenvalue weighted by atomic mass is 10.1. The summed E-state index contributed by atoms with van der Waals surface area (Å²) in [6.45, 7) is 3.28. The van der Waals surface area contributed by atoms with Crippen LogP contribution < -0.4 is 4.74 Å². The van der Waals surface area contributed by atoms with Crippen LogP contribution in [0.3, 0.4) is 0 Å². The van der Waals surface area contributed by atoms with E-state index < -0.39 is 0 Å². The van der Waals surface area contributed by atoms with Crippen LogP contribution in [0.4, 0.5) is 0 Å². The highest BCUT2D eigenvalue weighted by molar-refractivity contribution is 7.05. The molecule has 1 amide bonds. The largest absolute Gasteiger partial charge is 0.480 e. The Kier molecular flexibility index (Phi) is 5.63. The molecule has 1 fully saturated rings. The molecule has 1 aliphatic rings. The van der Waals surface area contributed by atoms with Crippen molar-refractivity contribution in [1.82, 2.24) is 9.27 Å². The smallest absolute Gasteiger partial charge is 0.238 e. The molecule has 2 atom stereocenters. The van der Waals surface area contributed by atoms with E-state index in [4.69, 9.17) is 21.1 Å². The second-order valence-corrected chi connectivity index (χ2v) is 5.82. The molecule has 0 bridgehead atoms. The zero-order valence-corrected chi connectivity index (χ0v) is 13.2. The number of aromatic nitrogens is 1. The maximum absolute atomic E-state index is 12.1. The summed E-state index contributed by atoms with van der Waals surface area (Å²) in [6, 6.07) is 1.95. The molecule has 20 heavy (non-hydrogen) atoms. The number of alkyl halides is 1. The number of ether oxygens (including phenoxy) is 2. The second-order valence-electron chi connectivity index (χ2n) is 4.66. The van der Waals surface area contributed by atoms with E-state index in [1.54, 1.807) is 7.11 Å². The predicted molar refractivity (Wildman–Crippen MR) is 78.4 cm³/mol. The van der Waals surface area contributed by atoms with Crippen molar-refractivity contribution in [2.45, 2.75) is 38.5 Å². The van der Waals surface area contributed by atoms with Crippen LogP contribution >= 0.6 is 23.1 Å². The number of carbonyl (C=O) groups excluding carboxylic acids is 1. The lowest BCUT2D eigenvalue weighted by Crippen LogP contribution is -2.44. The first kappa shape index (κ1) is 15.5. The summed E-state index contributed by atoms with van der Waals surface area (Å²) < 4.78 is 14.9. The fraction of sp³-hybridized carbons (Fsp3) is 0.692. The number of nitrogens with zero attached hydrogens (tertiary/aromatic N) is 2. The second kappa shape index (κ2) is 7.24. The molecule has 7 heteroatoms. The Bertz CT molecular complexity index is 455. The van der Waals surface area contributed by atoms with Crippen LogP contribution in [0.5, 0.6) is 5.88 Å². The van der Waals surface area contributed by atoms with Gasteiger partial charge < -0.3 is 14.4 Å². The molecule has 1 aromatic rings. The molecular weight excluding hydrogens is 300 g/mol. The van der Waals surface area contributed by atoms with E-state index in [1.807, 2.05) is 11.0 Å². The maximum atomic E-state index is 12.1. The zero-order chi connectivity index (χ0) is 14.5. The number of amides is 1. The topological polar surface area (TPSA) is 51.7 Å². The minimum Gasteiger partial charge on any atom is -0.480 e. The summed E-state index contributed by atoms with van der Waals surface area (Å²) >= 11 is 7.09. The SMILES string of the molecule is CC[C@@H]1OCC[C@H]1N(Cc1cc(OC)ns1)C(=O)CCl. The third kappa shape index (κ3) is 3.42. The molecule has 0 spiro atoms. The van der Waals surface area contributed by atoms with Gasteiger partial charge in [-0.05, 0) is 24.4 Å². The summed E-state index contributed by atoms with van der Waals surface area (Å²) in [5.41, 5.74) is 0. The van der Waals surface area contributed by atoms with Gasteiger partial charge in [0, 0.05) is 17.6 Å². The van der Waals surface area contributed by atoms with Crippen molar-refractivity contribution in [3.8, 4) is 5.88 Å². The van der Waals surface area contributed by atoms with Crippen molar-refractivity contribution in [2.24, 2.45) is 0 Å². The highest BCUT2D eigenvalue weighted by atomic mass is 35.5. The number of hydrogen-bond donors (Lipinski definition) is 0. The summed E-state index contributed by atoms with van der Waals surface area (Å²) in [5, 5.41) is 0. The van der Waals surface area contributed by atoms with Crippen molar-refractivity contribution >= 4 is 29.0 Å². The molecule has 1 saturated heterocycles. The van der Waals surface area contributed by atoms with Gasteiger partial charge in [-0.25, -0.2) is 0 Å². The van der Waals surface area contributed by atoms with Crippen molar-refractivity contribution in [3.63, 3.8) is 0 Å². The van der Waals surface area contributed by atoms with E-state index in [-0.39, 0.29) is 23.9 Å². The first-order valence-corrected chi connectivity index (χ1v) is 7.97. The fourth-order valence-corrected chi connectivity index (χ4v) is 3.32. The number of rotatable bonds is 6. The molecule has 0 N–H and O–H groups in total. The molecule has 0 radical (unpaired) electrons. The first-order valence-electron chi connectivity index (χ1n) is 6.66. The monoisotopic (exact) mass is 318 g/mol. The van der Waals surface area contributed by atoms with Crippen LogP contribution in [0.2, 0.25) is 0 Å². The lowest BCUT2D eigenvalue weighted by Gasteiger charge is -2.30. The predicted octanol–water partition coefficient (Wildman–Crippen LogP) is 2.29. The first-order chi connectivity index (χ1) is 9.69. The summed E-state index contributed by atoms with van der Waals surface area (Å²) in [4.78, 5) is 14.9. The van der Waals surface area contributed by atoms with Gasteiger partial charge in [0.25, 0.3) is 0 Å². The maximum Gasteiger partial charge on any atom is 0.238 e. The molecule has 1 aliphatic heterocycles. The summed E-state index contributed by atoms with van der Waals surface area (Å²) in [6.07, 6.45) is 1.84. The molecule has 0 aromatic carbocycles. The van der Waals surface area contributed by atoms with Gasteiger partial charge >= 0.3 is 0 Å². The Morgan fingerprint density at radius 3 is 3.10 bits per heavy atom. The minimum absolute atomic E-state index is 0.0110. The average molecular weight is 319 g/mol. The van der Waals surface area contributed by atoms with Crippen LogP contribution in [-0.2, 0) is 16.1 Å². The Morgan fingerprint density at radius 1 is 1.70 bits per heavy atom. The summed E-state index contributed by atoms with van der Waals surface area (Å²) in [7, 11) is 1.58. The quantitative estimate of drug-likeness (QED) is 0.755. The normalized spacial score (nSPS) is 21.9. The van der Waals surface area contributed by atoms with E-state index in [9.17, 15) is 4.79 Å². The molecule has 5 nitrogen and oxygen atoms in total. The van der Waals surface area contributed by atoms with Crippen molar-refractivity contribution in [2.75, 3.05) is 19.6 Å². The van der Waals surface area contributed by atoms with Gasteiger partial charge in [-0.2, -0.15) is 4.37 Å². The van der Waals surface area contributed by atoms with Gasteiger partial charge in [0.15, 0.2) is 0 Å². The summed E-state index contributed by atoms with van der Waals surface area (Å²) in [5.74, 6) is 0.508. The van der Waals surface area contributed by atoms with Gasteiger partial charge in [-0.15, -0.1) is 11.6 Å². The van der Waals surface area contributed by atoms with Crippen LogP contribution in [0.25, 0.3) is 0 Å². The molecule has 0 saturated carbocycles. The molecule has 2 heterocycles. The third-order valence-electron chi connectivity index (χ3n) is 3.48. The van der Waals surface area contributed by atoms with Gasteiger partial charge in [0.05, 0.1) is 25.8 Å². The number of halogens is 1. The van der Waals surface area contributed by atoms with Crippen LogP contribution in [0, 0.1) is 0 Å². The highest BCUT2D eigenvalue weighted by Crippen LogP contribution is 2.26. The highest BCUT2D eigenvalue weighted by Gasteiger charge is 2.34. The van der Waals surface area contributed by atoms with Gasteiger partial charge in [-0.1, -0.05) is 6.92 Å². The third-order valence-corrected chi connectivity index (χ3v) is 4.47. The Morgan fingerprint density at radius 2 is 2.50 bits per heavy atom. The lowest BCUT2D eigenvalue weighted by molar-refractivity contribution is -0.132. The van der Waals surface area contributed by atoms with Crippen molar-refractivity contribution in [1.29, 1.82) is 0 Å². The molecular formula is C13H19ClN2O3S. The Hall–Kier alpha value is -0.850. The van der Waals surface area contributed by atoms with Crippen LogP contribution in [0.15, 0.2) is 6.07 Å². The van der Waals surface area contributed by atoms with Gasteiger partial charge in [0.2, 0.25) is 11.8 Å².